The van der Waals surface area contributed by atoms with Gasteiger partial charge in [0.15, 0.2) is 5.65 Å². The number of aromatic nitrogens is 5. The molecule has 0 spiro atoms. The zero-order valence-corrected chi connectivity index (χ0v) is 12.1. The molecule has 2 N–H and O–H groups in total. The predicted molar refractivity (Wildman–Crippen MR) is 77.6 cm³/mol. The number of fused-ring (bicyclic) bond motifs is 1. The molecule has 0 atom stereocenters. The van der Waals surface area contributed by atoms with Crippen LogP contribution in [0.4, 0.5) is 0 Å². The number of hydrogen-bond donors (Lipinski definition) is 2. The Hall–Kier alpha value is -2.22. The van der Waals surface area contributed by atoms with E-state index in [1.807, 2.05) is 13.0 Å². The van der Waals surface area contributed by atoms with Crippen LogP contribution in [0.25, 0.3) is 22.6 Å². The lowest BCUT2D eigenvalue weighted by Gasteiger charge is -1.99. The summed E-state index contributed by atoms with van der Waals surface area (Å²) in [4.78, 5) is 37.1. The molecule has 3 aromatic rings. The Morgan fingerprint density at radius 3 is 2.80 bits per heavy atom. The van der Waals surface area contributed by atoms with E-state index >= 15 is 0 Å². The van der Waals surface area contributed by atoms with Crippen LogP contribution < -0.4 is 11.2 Å². The van der Waals surface area contributed by atoms with Gasteiger partial charge in [-0.05, 0) is 28.9 Å². The Bertz CT molecular complexity index is 908. The molecule has 0 unspecified atom stereocenters. The molecule has 0 amide bonds. The monoisotopic (exact) mass is 335 g/mol. The zero-order chi connectivity index (χ0) is 14.3. The molecule has 3 aromatic heterocycles. The van der Waals surface area contributed by atoms with E-state index < -0.39 is 11.2 Å². The highest BCUT2D eigenvalue weighted by atomic mass is 79.9. The first-order chi connectivity index (χ1) is 9.60. The van der Waals surface area contributed by atoms with E-state index in [2.05, 4.69) is 35.9 Å². The average molecular weight is 336 g/mol. The van der Waals surface area contributed by atoms with E-state index in [4.69, 9.17) is 0 Å². The maximum atomic E-state index is 11.8. The molecule has 0 saturated carbocycles. The Morgan fingerprint density at radius 1 is 1.30 bits per heavy atom. The number of halogens is 1. The summed E-state index contributed by atoms with van der Waals surface area (Å²) in [6.07, 6.45) is 3.28. The van der Waals surface area contributed by atoms with Crippen molar-refractivity contribution in [2.24, 2.45) is 0 Å². The SMILES string of the molecule is CCn1c(=O)[nH]c(=O)c2[nH]c(-c3cncc(Br)c3)nc21. The molecule has 20 heavy (non-hydrogen) atoms. The second-order valence-electron chi connectivity index (χ2n) is 4.18. The van der Waals surface area contributed by atoms with Crippen LogP contribution in [0.15, 0.2) is 32.5 Å². The van der Waals surface area contributed by atoms with Crippen molar-refractivity contribution in [3.8, 4) is 11.4 Å². The summed E-state index contributed by atoms with van der Waals surface area (Å²) >= 11 is 3.33. The maximum absolute atomic E-state index is 11.8. The largest absolute Gasteiger partial charge is 0.332 e. The Morgan fingerprint density at radius 2 is 2.10 bits per heavy atom. The van der Waals surface area contributed by atoms with E-state index in [0.717, 1.165) is 10.0 Å². The van der Waals surface area contributed by atoms with Gasteiger partial charge >= 0.3 is 5.69 Å². The zero-order valence-electron chi connectivity index (χ0n) is 10.5. The van der Waals surface area contributed by atoms with Crippen molar-refractivity contribution in [3.05, 3.63) is 43.8 Å². The molecular formula is C12H10BrN5O2. The van der Waals surface area contributed by atoms with Crippen molar-refractivity contribution in [3.63, 3.8) is 0 Å². The first kappa shape index (κ1) is 12.8. The molecule has 3 rings (SSSR count). The molecule has 0 saturated heterocycles. The Kier molecular flexibility index (Phi) is 3.01. The fourth-order valence-electron chi connectivity index (χ4n) is 2.01. The van der Waals surface area contributed by atoms with Crippen molar-refractivity contribution < 1.29 is 0 Å². The van der Waals surface area contributed by atoms with Gasteiger partial charge in [0.1, 0.15) is 11.3 Å². The molecule has 0 fully saturated rings. The van der Waals surface area contributed by atoms with E-state index in [1.54, 1.807) is 12.4 Å². The maximum Gasteiger partial charge on any atom is 0.330 e. The lowest BCUT2D eigenvalue weighted by atomic mass is 10.3. The normalized spacial score (nSPS) is 11.1. The smallest absolute Gasteiger partial charge is 0.330 e. The molecule has 0 aliphatic rings. The second-order valence-corrected chi connectivity index (χ2v) is 5.10. The number of aromatic amines is 2. The van der Waals surface area contributed by atoms with Gasteiger partial charge in [-0.1, -0.05) is 0 Å². The molecular weight excluding hydrogens is 326 g/mol. The minimum atomic E-state index is -0.476. The van der Waals surface area contributed by atoms with Crippen LogP contribution in [0.1, 0.15) is 6.92 Å². The van der Waals surface area contributed by atoms with Gasteiger partial charge in [0.05, 0.1) is 0 Å². The molecule has 0 aliphatic carbocycles. The Labute approximate surface area is 120 Å². The van der Waals surface area contributed by atoms with Crippen LogP contribution >= 0.6 is 15.9 Å². The van der Waals surface area contributed by atoms with Gasteiger partial charge in [0, 0.05) is 29.0 Å². The number of nitrogens with zero attached hydrogens (tertiary/aromatic N) is 3. The molecule has 7 nitrogen and oxygen atoms in total. The van der Waals surface area contributed by atoms with Crippen molar-refractivity contribution in [2.45, 2.75) is 13.5 Å². The standard InChI is InChI=1S/C12H10BrN5O2/c1-2-18-10-8(11(19)17-12(18)20)15-9(16-10)6-3-7(13)5-14-4-6/h3-5H,2H2,1H3,(H,15,16)(H,17,19,20). The lowest BCUT2D eigenvalue weighted by Crippen LogP contribution is -2.29. The van der Waals surface area contributed by atoms with Gasteiger partial charge in [-0.3, -0.25) is 19.3 Å². The van der Waals surface area contributed by atoms with E-state index in [1.165, 1.54) is 4.57 Å². The fourth-order valence-corrected chi connectivity index (χ4v) is 2.38. The number of aryl methyl sites for hydroxylation is 1. The summed E-state index contributed by atoms with van der Waals surface area (Å²) < 4.78 is 2.21. The number of imidazole rings is 1. The molecule has 3 heterocycles. The van der Waals surface area contributed by atoms with Crippen molar-refractivity contribution in [1.29, 1.82) is 0 Å². The lowest BCUT2D eigenvalue weighted by molar-refractivity contribution is 0.720. The molecule has 0 bridgehead atoms. The summed E-state index contributed by atoms with van der Waals surface area (Å²) in [6, 6.07) is 1.83. The van der Waals surface area contributed by atoms with Gasteiger partial charge in [-0.2, -0.15) is 0 Å². The van der Waals surface area contributed by atoms with Crippen LogP contribution in [0.3, 0.4) is 0 Å². The number of H-pyrrole nitrogens is 2. The first-order valence-corrected chi connectivity index (χ1v) is 6.73. The number of pyridine rings is 1. The predicted octanol–water partition coefficient (Wildman–Crippen LogP) is 1.26. The quantitative estimate of drug-likeness (QED) is 0.736. The number of rotatable bonds is 2. The topological polar surface area (TPSA) is 96.4 Å². The van der Waals surface area contributed by atoms with E-state index in [9.17, 15) is 9.59 Å². The number of nitrogens with one attached hydrogen (secondary N) is 2. The van der Waals surface area contributed by atoms with Crippen LogP contribution in [0, 0.1) is 0 Å². The van der Waals surface area contributed by atoms with Crippen molar-refractivity contribution in [2.75, 3.05) is 0 Å². The summed E-state index contributed by atoms with van der Waals surface area (Å²) in [6.45, 7) is 2.24. The second kappa shape index (κ2) is 4.71. The van der Waals surface area contributed by atoms with Crippen LogP contribution in [0.2, 0.25) is 0 Å². The minimum Gasteiger partial charge on any atom is -0.332 e. The first-order valence-electron chi connectivity index (χ1n) is 5.94. The minimum absolute atomic E-state index is 0.279. The van der Waals surface area contributed by atoms with Crippen LogP contribution in [0.5, 0.6) is 0 Å². The third-order valence-corrected chi connectivity index (χ3v) is 3.36. The average Bonchev–Trinajstić information content (AvgIpc) is 2.84. The van der Waals surface area contributed by atoms with Crippen LogP contribution in [-0.2, 0) is 6.54 Å². The number of hydrogen-bond acceptors (Lipinski definition) is 4. The van der Waals surface area contributed by atoms with E-state index in [-0.39, 0.29) is 5.52 Å². The van der Waals surface area contributed by atoms with Gasteiger partial charge in [-0.25, -0.2) is 9.78 Å². The van der Waals surface area contributed by atoms with E-state index in [0.29, 0.717) is 18.0 Å². The third-order valence-electron chi connectivity index (χ3n) is 2.93. The highest BCUT2D eigenvalue weighted by Crippen LogP contribution is 2.20. The van der Waals surface area contributed by atoms with Crippen molar-refractivity contribution >= 4 is 27.1 Å². The van der Waals surface area contributed by atoms with Gasteiger partial charge in [-0.15, -0.1) is 0 Å². The fraction of sp³-hybridized carbons (Fsp3) is 0.167. The highest BCUT2D eigenvalue weighted by Gasteiger charge is 2.13. The van der Waals surface area contributed by atoms with Crippen molar-refractivity contribution in [1.82, 2.24) is 24.5 Å². The summed E-state index contributed by atoms with van der Waals surface area (Å²) in [5, 5.41) is 0. The van der Waals surface area contributed by atoms with Gasteiger partial charge in [0.25, 0.3) is 5.56 Å². The highest BCUT2D eigenvalue weighted by molar-refractivity contribution is 9.10. The molecule has 102 valence electrons. The summed E-state index contributed by atoms with van der Waals surface area (Å²) in [5.74, 6) is 0.493. The molecule has 0 aliphatic heterocycles. The third kappa shape index (κ3) is 1.97. The summed E-state index contributed by atoms with van der Waals surface area (Å²) in [7, 11) is 0. The van der Waals surface area contributed by atoms with Crippen LogP contribution in [-0.4, -0.2) is 24.5 Å². The molecule has 8 heteroatoms. The summed E-state index contributed by atoms with van der Waals surface area (Å²) in [5.41, 5.74) is 0.412. The van der Waals surface area contributed by atoms with Gasteiger partial charge in [0.2, 0.25) is 0 Å². The molecule has 0 radical (unpaired) electrons. The molecule has 0 aromatic carbocycles. The Balaban J connectivity index is 2.33. The van der Waals surface area contributed by atoms with Gasteiger partial charge < -0.3 is 4.98 Å².